The number of hydrogen-bond acceptors (Lipinski definition) is 5. The Hall–Kier alpha value is -1.90. The van der Waals surface area contributed by atoms with E-state index in [0.717, 1.165) is 31.5 Å². The van der Waals surface area contributed by atoms with Crippen LogP contribution in [0.3, 0.4) is 0 Å². The number of nitrogens with zero attached hydrogens (tertiary/aromatic N) is 1. The van der Waals surface area contributed by atoms with E-state index in [0.29, 0.717) is 12.1 Å². The van der Waals surface area contributed by atoms with Crippen LogP contribution in [0.4, 0.5) is 4.39 Å². The van der Waals surface area contributed by atoms with E-state index in [1.165, 1.54) is 17.8 Å². The second-order valence-electron chi connectivity index (χ2n) is 7.37. The SMILES string of the molecule is CCNC(=O)C1CCN(C2NC(=O)C3SC=C(c4ccccc4F)C3N2)CC1. The summed E-state index contributed by atoms with van der Waals surface area (Å²) < 4.78 is 14.3. The fourth-order valence-corrected chi connectivity index (χ4v) is 5.28. The molecular weight excluding hydrogens is 379 g/mol. The molecule has 2 saturated heterocycles. The number of nitrogens with one attached hydrogen (secondary N) is 3. The Morgan fingerprint density at radius 3 is 2.79 bits per heavy atom. The first-order chi connectivity index (χ1) is 13.6. The van der Waals surface area contributed by atoms with E-state index in [1.54, 1.807) is 12.1 Å². The van der Waals surface area contributed by atoms with Gasteiger partial charge in [0.1, 0.15) is 17.4 Å². The van der Waals surface area contributed by atoms with Crippen LogP contribution >= 0.6 is 11.8 Å². The molecule has 0 radical (unpaired) electrons. The zero-order chi connectivity index (χ0) is 19.7. The van der Waals surface area contributed by atoms with Crippen LogP contribution in [0.5, 0.6) is 0 Å². The summed E-state index contributed by atoms with van der Waals surface area (Å²) >= 11 is 1.43. The van der Waals surface area contributed by atoms with Crippen LogP contribution in [0.2, 0.25) is 0 Å². The van der Waals surface area contributed by atoms with Gasteiger partial charge in [-0.25, -0.2) is 4.39 Å². The van der Waals surface area contributed by atoms with Crippen molar-refractivity contribution in [3.63, 3.8) is 0 Å². The summed E-state index contributed by atoms with van der Waals surface area (Å²) in [5.74, 6) is -0.173. The van der Waals surface area contributed by atoms with Gasteiger partial charge in [0.15, 0.2) is 0 Å². The average Bonchev–Trinajstić information content (AvgIpc) is 3.13. The molecule has 1 aromatic carbocycles. The van der Waals surface area contributed by atoms with Gasteiger partial charge in [-0.3, -0.25) is 19.8 Å². The first-order valence-corrected chi connectivity index (χ1v) is 10.7. The zero-order valence-electron chi connectivity index (χ0n) is 15.8. The van der Waals surface area contributed by atoms with Gasteiger partial charge < -0.3 is 10.6 Å². The number of amides is 2. The van der Waals surface area contributed by atoms with Crippen LogP contribution in [0.1, 0.15) is 25.3 Å². The highest BCUT2D eigenvalue weighted by Crippen LogP contribution is 2.39. The minimum absolute atomic E-state index is 0.0270. The summed E-state index contributed by atoms with van der Waals surface area (Å²) in [5, 5.41) is 11.0. The van der Waals surface area contributed by atoms with Crippen LogP contribution in [-0.4, -0.2) is 53.9 Å². The quantitative estimate of drug-likeness (QED) is 0.709. The summed E-state index contributed by atoms with van der Waals surface area (Å²) in [7, 11) is 0. The van der Waals surface area contributed by atoms with E-state index in [1.807, 2.05) is 18.4 Å². The van der Waals surface area contributed by atoms with Crippen LogP contribution in [-0.2, 0) is 9.59 Å². The van der Waals surface area contributed by atoms with Crippen molar-refractivity contribution < 1.29 is 14.0 Å². The van der Waals surface area contributed by atoms with Gasteiger partial charge in [0.25, 0.3) is 0 Å². The molecule has 3 N–H and O–H groups in total. The van der Waals surface area contributed by atoms with Gasteiger partial charge >= 0.3 is 0 Å². The number of thioether (sulfide) groups is 1. The first kappa shape index (κ1) is 19.4. The van der Waals surface area contributed by atoms with Gasteiger partial charge in [0.05, 0.1) is 6.04 Å². The Labute approximate surface area is 168 Å². The fraction of sp³-hybridized carbons (Fsp3) is 0.500. The van der Waals surface area contributed by atoms with E-state index in [2.05, 4.69) is 20.9 Å². The molecule has 3 heterocycles. The normalized spacial score (nSPS) is 28.4. The molecule has 3 aliphatic heterocycles. The van der Waals surface area contributed by atoms with Crippen molar-refractivity contribution >= 4 is 29.1 Å². The highest BCUT2D eigenvalue weighted by atomic mass is 32.2. The van der Waals surface area contributed by atoms with Crippen molar-refractivity contribution in [2.24, 2.45) is 5.92 Å². The lowest BCUT2D eigenvalue weighted by atomic mass is 9.94. The number of benzene rings is 1. The molecule has 2 fully saturated rings. The predicted molar refractivity (Wildman–Crippen MR) is 108 cm³/mol. The Morgan fingerprint density at radius 2 is 2.07 bits per heavy atom. The maximum atomic E-state index is 14.3. The Bertz CT molecular complexity index is 794. The topological polar surface area (TPSA) is 73.5 Å². The molecule has 8 heteroatoms. The number of fused-ring (bicyclic) bond motifs is 1. The lowest BCUT2D eigenvalue weighted by molar-refractivity contribution is -0.129. The first-order valence-electron chi connectivity index (χ1n) is 9.77. The molecule has 1 aromatic rings. The summed E-state index contributed by atoms with van der Waals surface area (Å²) in [6, 6.07) is 6.44. The molecule has 0 aliphatic carbocycles. The van der Waals surface area contributed by atoms with Crippen molar-refractivity contribution in [1.82, 2.24) is 20.9 Å². The van der Waals surface area contributed by atoms with Gasteiger partial charge in [-0.1, -0.05) is 18.2 Å². The Morgan fingerprint density at radius 1 is 1.32 bits per heavy atom. The maximum Gasteiger partial charge on any atom is 0.237 e. The molecule has 0 saturated carbocycles. The molecule has 4 rings (SSSR count). The number of rotatable bonds is 4. The monoisotopic (exact) mass is 404 g/mol. The van der Waals surface area contributed by atoms with Crippen molar-refractivity contribution in [3.8, 4) is 0 Å². The van der Waals surface area contributed by atoms with E-state index < -0.39 is 0 Å². The molecule has 150 valence electrons. The van der Waals surface area contributed by atoms with Gasteiger partial charge in [0.2, 0.25) is 11.8 Å². The molecule has 6 nitrogen and oxygen atoms in total. The number of piperidine rings is 1. The smallest absolute Gasteiger partial charge is 0.237 e. The van der Waals surface area contributed by atoms with E-state index in [4.69, 9.17) is 0 Å². The molecule has 3 atom stereocenters. The van der Waals surface area contributed by atoms with E-state index in [9.17, 15) is 14.0 Å². The largest absolute Gasteiger partial charge is 0.356 e. The number of carbonyl (C=O) groups is 2. The lowest BCUT2D eigenvalue weighted by Gasteiger charge is -2.43. The third kappa shape index (κ3) is 3.68. The Balaban J connectivity index is 1.44. The van der Waals surface area contributed by atoms with Gasteiger partial charge in [-0.05, 0) is 36.8 Å². The summed E-state index contributed by atoms with van der Waals surface area (Å²) in [4.78, 5) is 26.9. The third-order valence-electron chi connectivity index (χ3n) is 5.66. The standard InChI is InChI=1S/C20H25FN4O2S/c1-2-22-18(26)12-7-9-25(10-8-12)20-23-16-14(11-28-17(16)19(27)24-20)13-5-3-4-6-15(13)21/h3-6,11-12,16-17,20,23H,2,7-10H2,1H3,(H,22,26)(H,24,27). The number of hydrogen-bond donors (Lipinski definition) is 3. The fourth-order valence-electron chi connectivity index (χ4n) is 4.14. The third-order valence-corrected chi connectivity index (χ3v) is 6.83. The van der Waals surface area contributed by atoms with Crippen LogP contribution < -0.4 is 16.0 Å². The highest BCUT2D eigenvalue weighted by molar-refractivity contribution is 8.04. The predicted octanol–water partition coefficient (Wildman–Crippen LogP) is 1.50. The molecule has 0 aromatic heterocycles. The zero-order valence-corrected chi connectivity index (χ0v) is 16.6. The van der Waals surface area contributed by atoms with Gasteiger partial charge in [0, 0.05) is 31.1 Å². The van der Waals surface area contributed by atoms with E-state index in [-0.39, 0.29) is 41.1 Å². The number of halogens is 1. The van der Waals surface area contributed by atoms with Crippen molar-refractivity contribution in [2.75, 3.05) is 19.6 Å². The van der Waals surface area contributed by atoms with Crippen molar-refractivity contribution in [3.05, 3.63) is 41.1 Å². The molecular formula is C20H25FN4O2S. The molecule has 3 aliphatic rings. The summed E-state index contributed by atoms with van der Waals surface area (Å²) in [6.07, 6.45) is 1.22. The van der Waals surface area contributed by atoms with Gasteiger partial charge in [-0.15, -0.1) is 11.8 Å². The molecule has 0 bridgehead atoms. The molecule has 3 unspecified atom stereocenters. The number of carbonyl (C=O) groups excluding carboxylic acids is 2. The van der Waals surface area contributed by atoms with Gasteiger partial charge in [-0.2, -0.15) is 0 Å². The minimum atomic E-state index is -0.308. The molecule has 2 amide bonds. The van der Waals surface area contributed by atoms with Crippen molar-refractivity contribution in [1.29, 1.82) is 0 Å². The summed E-state index contributed by atoms with van der Waals surface area (Å²) in [6.45, 7) is 4.02. The lowest BCUT2D eigenvalue weighted by Crippen LogP contribution is -2.68. The van der Waals surface area contributed by atoms with Crippen molar-refractivity contribution in [2.45, 2.75) is 37.3 Å². The Kier molecular flexibility index (Phi) is 5.70. The number of likely N-dealkylation sites (tertiary alicyclic amines) is 1. The minimum Gasteiger partial charge on any atom is -0.356 e. The maximum absolute atomic E-state index is 14.3. The highest BCUT2D eigenvalue weighted by Gasteiger charge is 2.44. The van der Waals surface area contributed by atoms with Crippen LogP contribution in [0, 0.1) is 11.7 Å². The van der Waals surface area contributed by atoms with E-state index >= 15 is 0 Å². The van der Waals surface area contributed by atoms with Crippen LogP contribution in [0.25, 0.3) is 5.57 Å². The summed E-state index contributed by atoms with van der Waals surface area (Å²) in [5.41, 5.74) is 1.36. The van der Waals surface area contributed by atoms with Crippen LogP contribution in [0.15, 0.2) is 29.7 Å². The second-order valence-corrected chi connectivity index (χ2v) is 8.39. The molecule has 0 spiro atoms. The second kappa shape index (κ2) is 8.23. The molecule has 28 heavy (non-hydrogen) atoms. The average molecular weight is 405 g/mol.